The van der Waals surface area contributed by atoms with E-state index >= 15 is 0 Å². The van der Waals surface area contributed by atoms with E-state index in [1.807, 2.05) is 50.4 Å². The van der Waals surface area contributed by atoms with E-state index in [0.29, 0.717) is 31.6 Å². The van der Waals surface area contributed by atoms with Crippen LogP contribution in [-0.2, 0) is 17.6 Å². The second-order valence-corrected chi connectivity index (χ2v) is 8.07. The van der Waals surface area contributed by atoms with E-state index in [2.05, 4.69) is 33.7 Å². The van der Waals surface area contributed by atoms with Gasteiger partial charge in [0.25, 0.3) is 0 Å². The first-order valence-corrected chi connectivity index (χ1v) is 10.9. The van der Waals surface area contributed by atoms with Crippen LogP contribution in [0.3, 0.4) is 0 Å². The van der Waals surface area contributed by atoms with Crippen LogP contribution in [0, 0.1) is 13.8 Å². The lowest BCUT2D eigenvalue weighted by Gasteiger charge is -2.09. The van der Waals surface area contributed by atoms with Gasteiger partial charge in [-0.05, 0) is 55.5 Å². The van der Waals surface area contributed by atoms with Crippen molar-refractivity contribution in [2.75, 3.05) is 6.54 Å². The summed E-state index contributed by atoms with van der Waals surface area (Å²) in [6.07, 6.45) is 5.98. The number of hydrogen-bond donors (Lipinski definition) is 1. The zero-order valence-electron chi connectivity index (χ0n) is 18.4. The first-order valence-electron chi connectivity index (χ1n) is 10.9. The molecular weight excluding hydrogens is 402 g/mol. The number of aryl methyl sites for hydroxylation is 3. The highest BCUT2D eigenvalue weighted by molar-refractivity contribution is 5.75. The molecular formula is C25H27N5O2. The fourth-order valence-corrected chi connectivity index (χ4v) is 3.88. The van der Waals surface area contributed by atoms with E-state index in [-0.39, 0.29) is 17.1 Å². The van der Waals surface area contributed by atoms with Crippen LogP contribution in [0.1, 0.15) is 35.4 Å². The summed E-state index contributed by atoms with van der Waals surface area (Å²) in [6, 6.07) is 16.1. The summed E-state index contributed by atoms with van der Waals surface area (Å²) >= 11 is 0. The van der Waals surface area contributed by atoms with E-state index in [1.165, 1.54) is 5.56 Å². The first kappa shape index (κ1) is 21.5. The second kappa shape index (κ2) is 9.60. The van der Waals surface area contributed by atoms with Crippen LogP contribution < -0.4 is 10.9 Å². The lowest BCUT2D eigenvalue weighted by atomic mass is 10.1. The molecule has 1 amide bonds. The minimum absolute atomic E-state index is 0.0203. The van der Waals surface area contributed by atoms with E-state index in [1.54, 1.807) is 15.2 Å². The number of aromatic nitrogens is 4. The fourth-order valence-electron chi connectivity index (χ4n) is 3.88. The summed E-state index contributed by atoms with van der Waals surface area (Å²) in [6.45, 7) is 4.63. The predicted molar refractivity (Wildman–Crippen MR) is 124 cm³/mol. The third-order valence-electron chi connectivity index (χ3n) is 5.41. The molecule has 2 aromatic carbocycles. The first-order chi connectivity index (χ1) is 15.5. The Balaban J connectivity index is 1.36. The number of nitrogens with one attached hydrogen (secondary N) is 1. The number of carbonyl (C=O) groups is 1. The topological polar surface area (TPSA) is 81.3 Å². The maximum Gasteiger partial charge on any atom is 0.300 e. The zero-order chi connectivity index (χ0) is 22.5. The Bertz CT molecular complexity index is 1270. The number of carbonyl (C=O) groups excluding carboxylic acids is 1. The number of rotatable bonds is 8. The van der Waals surface area contributed by atoms with Crippen LogP contribution in [0.15, 0.2) is 65.7 Å². The van der Waals surface area contributed by atoms with Crippen molar-refractivity contribution in [3.05, 3.63) is 93.8 Å². The largest absolute Gasteiger partial charge is 0.356 e. The summed E-state index contributed by atoms with van der Waals surface area (Å²) in [7, 11) is 0. The average Bonchev–Trinajstić information content (AvgIpc) is 3.18. The van der Waals surface area contributed by atoms with E-state index in [9.17, 15) is 9.59 Å². The molecule has 2 aromatic heterocycles. The Labute approximate surface area is 186 Å². The molecule has 0 saturated carbocycles. The summed E-state index contributed by atoms with van der Waals surface area (Å²) in [5.74, 6) is 0.702. The molecule has 7 nitrogen and oxygen atoms in total. The second-order valence-electron chi connectivity index (χ2n) is 8.07. The van der Waals surface area contributed by atoms with Gasteiger partial charge in [0.2, 0.25) is 11.6 Å². The molecule has 164 valence electrons. The number of amides is 1. The molecule has 4 aromatic rings. The maximum absolute atomic E-state index is 13.0. The SMILES string of the molecule is Cc1cc(C)cc(-n2ccn3c(CCCC(=O)NCCc4ccccc4)nnc3c2=O)c1. The highest BCUT2D eigenvalue weighted by atomic mass is 16.1. The zero-order valence-corrected chi connectivity index (χ0v) is 18.4. The summed E-state index contributed by atoms with van der Waals surface area (Å²) < 4.78 is 3.31. The van der Waals surface area contributed by atoms with Crippen molar-refractivity contribution in [1.29, 1.82) is 0 Å². The van der Waals surface area contributed by atoms with Gasteiger partial charge in [-0.1, -0.05) is 36.4 Å². The van der Waals surface area contributed by atoms with Crippen LogP contribution in [0.25, 0.3) is 11.3 Å². The van der Waals surface area contributed by atoms with Crippen LogP contribution in [0.2, 0.25) is 0 Å². The standard InChI is InChI=1S/C25H27N5O2/c1-18-15-19(2)17-21(16-18)29-13-14-30-22(27-28-24(30)25(29)32)9-6-10-23(31)26-12-11-20-7-4-3-5-8-20/h3-5,7-8,13-17H,6,9-12H2,1-2H3,(H,26,31). The van der Waals surface area contributed by atoms with Crippen molar-refractivity contribution in [2.24, 2.45) is 0 Å². The molecule has 0 spiro atoms. The van der Waals surface area contributed by atoms with E-state index in [0.717, 1.165) is 23.2 Å². The molecule has 0 fully saturated rings. The molecule has 2 heterocycles. The molecule has 0 saturated heterocycles. The molecule has 7 heteroatoms. The van der Waals surface area contributed by atoms with Gasteiger partial charge < -0.3 is 5.32 Å². The van der Waals surface area contributed by atoms with Gasteiger partial charge in [0, 0.05) is 37.5 Å². The smallest absolute Gasteiger partial charge is 0.300 e. The minimum Gasteiger partial charge on any atom is -0.356 e. The average molecular weight is 430 g/mol. The Morgan fingerprint density at radius 2 is 1.72 bits per heavy atom. The lowest BCUT2D eigenvalue weighted by molar-refractivity contribution is -0.121. The summed E-state index contributed by atoms with van der Waals surface area (Å²) in [4.78, 5) is 25.1. The predicted octanol–water partition coefficient (Wildman–Crippen LogP) is 3.18. The number of hydrogen-bond acceptors (Lipinski definition) is 4. The molecule has 0 unspecified atom stereocenters. The molecule has 4 rings (SSSR count). The number of nitrogens with zero attached hydrogens (tertiary/aromatic N) is 4. The lowest BCUT2D eigenvalue weighted by Crippen LogP contribution is -2.25. The molecule has 0 bridgehead atoms. The molecule has 32 heavy (non-hydrogen) atoms. The van der Waals surface area contributed by atoms with E-state index in [4.69, 9.17) is 0 Å². The van der Waals surface area contributed by atoms with Crippen LogP contribution in [0.5, 0.6) is 0 Å². The third-order valence-corrected chi connectivity index (χ3v) is 5.41. The van der Waals surface area contributed by atoms with Gasteiger partial charge in [-0.3, -0.25) is 18.6 Å². The minimum atomic E-state index is -0.213. The van der Waals surface area contributed by atoms with Crippen LogP contribution >= 0.6 is 0 Å². The van der Waals surface area contributed by atoms with Gasteiger partial charge in [-0.2, -0.15) is 0 Å². The van der Waals surface area contributed by atoms with Crippen LogP contribution in [-0.4, -0.2) is 31.6 Å². The van der Waals surface area contributed by atoms with Gasteiger partial charge in [0.05, 0.1) is 0 Å². The molecule has 0 aliphatic heterocycles. The van der Waals surface area contributed by atoms with Crippen molar-refractivity contribution in [2.45, 2.75) is 39.5 Å². The highest BCUT2D eigenvalue weighted by Crippen LogP contribution is 2.13. The summed E-state index contributed by atoms with van der Waals surface area (Å²) in [5.41, 5.74) is 4.27. The van der Waals surface area contributed by atoms with Gasteiger partial charge in [0.15, 0.2) is 0 Å². The maximum atomic E-state index is 13.0. The van der Waals surface area contributed by atoms with Gasteiger partial charge in [0.1, 0.15) is 5.82 Å². The van der Waals surface area contributed by atoms with Gasteiger partial charge in [-0.15, -0.1) is 10.2 Å². The molecule has 0 aliphatic carbocycles. The highest BCUT2D eigenvalue weighted by Gasteiger charge is 2.12. The molecule has 1 N–H and O–H groups in total. The number of benzene rings is 2. The molecule has 0 aliphatic rings. The normalized spacial score (nSPS) is 11.1. The Morgan fingerprint density at radius 3 is 2.47 bits per heavy atom. The van der Waals surface area contributed by atoms with Crippen molar-refractivity contribution in [3.8, 4) is 5.69 Å². The van der Waals surface area contributed by atoms with Crippen molar-refractivity contribution in [3.63, 3.8) is 0 Å². The Morgan fingerprint density at radius 1 is 0.969 bits per heavy atom. The molecule has 0 radical (unpaired) electrons. The quantitative estimate of drug-likeness (QED) is 0.466. The Hall–Kier alpha value is -3.74. The van der Waals surface area contributed by atoms with Crippen LogP contribution in [0.4, 0.5) is 0 Å². The molecule has 0 atom stereocenters. The van der Waals surface area contributed by atoms with Gasteiger partial charge in [-0.25, -0.2) is 0 Å². The third kappa shape index (κ3) is 4.94. The van der Waals surface area contributed by atoms with E-state index < -0.39 is 0 Å². The summed E-state index contributed by atoms with van der Waals surface area (Å²) in [5, 5.41) is 11.3. The van der Waals surface area contributed by atoms with Crippen molar-refractivity contribution >= 4 is 11.6 Å². The monoisotopic (exact) mass is 429 g/mol. The Kier molecular flexibility index (Phi) is 6.44. The number of fused-ring (bicyclic) bond motifs is 1. The van der Waals surface area contributed by atoms with Crippen molar-refractivity contribution < 1.29 is 4.79 Å². The fraction of sp³-hybridized carbons (Fsp3) is 0.280. The van der Waals surface area contributed by atoms with Crippen molar-refractivity contribution in [1.82, 2.24) is 24.5 Å². The van der Waals surface area contributed by atoms with Gasteiger partial charge >= 0.3 is 5.56 Å².